The van der Waals surface area contributed by atoms with Gasteiger partial charge in [0.2, 0.25) is 0 Å². The molecule has 1 aromatic rings. The molecule has 0 fully saturated rings. The van der Waals surface area contributed by atoms with Crippen LogP contribution in [0, 0.1) is 0 Å². The van der Waals surface area contributed by atoms with Crippen molar-refractivity contribution in [2.24, 2.45) is 5.84 Å². The van der Waals surface area contributed by atoms with E-state index in [9.17, 15) is 4.79 Å². The summed E-state index contributed by atoms with van der Waals surface area (Å²) in [5, 5.41) is 2.59. The Kier molecular flexibility index (Phi) is 3.72. The van der Waals surface area contributed by atoms with E-state index in [0.717, 1.165) is 12.0 Å². The van der Waals surface area contributed by atoms with Gasteiger partial charge in [-0.3, -0.25) is 10.4 Å². The minimum atomic E-state index is -0.367. The number of nitrogens with two attached hydrogens (primary N) is 1. The molecule has 0 aliphatic carbocycles. The first-order valence-electron chi connectivity index (χ1n) is 3.96. The summed E-state index contributed by atoms with van der Waals surface area (Å²) in [5.41, 5.74) is 3.12. The van der Waals surface area contributed by atoms with Crippen LogP contribution in [0.4, 0.5) is 4.79 Å². The standard InChI is InChI=1S/C8H12N4O/c9-12-8(13)11-6-3-7-1-4-10-5-2-7/h1-2,4-5H,3,6,9H2,(H2,11,12,13). The average Bonchev–Trinajstić information content (AvgIpc) is 2.19. The number of hydrogen-bond donors (Lipinski definition) is 3. The molecule has 13 heavy (non-hydrogen) atoms. The van der Waals surface area contributed by atoms with Gasteiger partial charge in [0.05, 0.1) is 0 Å². The first kappa shape index (κ1) is 9.47. The number of urea groups is 1. The third-order valence-corrected chi connectivity index (χ3v) is 1.58. The van der Waals surface area contributed by atoms with Gasteiger partial charge < -0.3 is 5.32 Å². The van der Waals surface area contributed by atoms with Crippen LogP contribution in [0.25, 0.3) is 0 Å². The summed E-state index contributed by atoms with van der Waals surface area (Å²) >= 11 is 0. The van der Waals surface area contributed by atoms with E-state index in [1.54, 1.807) is 12.4 Å². The van der Waals surface area contributed by atoms with Crippen molar-refractivity contribution in [3.63, 3.8) is 0 Å². The molecule has 0 saturated heterocycles. The number of amides is 2. The quantitative estimate of drug-likeness (QED) is 0.342. The number of nitrogens with one attached hydrogen (secondary N) is 2. The molecule has 0 radical (unpaired) electrons. The smallest absolute Gasteiger partial charge is 0.328 e. The predicted molar refractivity (Wildman–Crippen MR) is 48.7 cm³/mol. The van der Waals surface area contributed by atoms with Crippen LogP contribution in [0.3, 0.4) is 0 Å². The Morgan fingerprint density at radius 1 is 1.46 bits per heavy atom. The van der Waals surface area contributed by atoms with E-state index >= 15 is 0 Å². The van der Waals surface area contributed by atoms with Gasteiger partial charge in [0.1, 0.15) is 0 Å². The lowest BCUT2D eigenvalue weighted by Crippen LogP contribution is -2.40. The monoisotopic (exact) mass is 180 g/mol. The highest BCUT2D eigenvalue weighted by molar-refractivity contribution is 5.72. The summed E-state index contributed by atoms with van der Waals surface area (Å²) in [4.78, 5) is 14.5. The van der Waals surface area contributed by atoms with Crippen LogP contribution in [0.15, 0.2) is 24.5 Å². The van der Waals surface area contributed by atoms with Crippen molar-refractivity contribution in [3.8, 4) is 0 Å². The van der Waals surface area contributed by atoms with Crippen LogP contribution in [0.1, 0.15) is 5.56 Å². The summed E-state index contributed by atoms with van der Waals surface area (Å²) in [5.74, 6) is 4.88. The fraction of sp³-hybridized carbons (Fsp3) is 0.250. The van der Waals surface area contributed by atoms with E-state index in [2.05, 4.69) is 10.3 Å². The van der Waals surface area contributed by atoms with E-state index in [1.165, 1.54) is 0 Å². The van der Waals surface area contributed by atoms with Gasteiger partial charge in [-0.25, -0.2) is 10.6 Å². The normalized spacial score (nSPS) is 9.31. The van der Waals surface area contributed by atoms with Crippen LogP contribution < -0.4 is 16.6 Å². The fourth-order valence-electron chi connectivity index (χ4n) is 0.921. The average molecular weight is 180 g/mol. The van der Waals surface area contributed by atoms with Gasteiger partial charge in [0.25, 0.3) is 0 Å². The second-order valence-corrected chi connectivity index (χ2v) is 2.51. The summed E-state index contributed by atoms with van der Waals surface area (Å²) in [6.45, 7) is 0.563. The van der Waals surface area contributed by atoms with Gasteiger partial charge in [0.15, 0.2) is 0 Å². The topological polar surface area (TPSA) is 80.0 Å². The third kappa shape index (κ3) is 3.53. The molecule has 2 amide bonds. The Morgan fingerprint density at radius 2 is 2.15 bits per heavy atom. The van der Waals surface area contributed by atoms with Gasteiger partial charge >= 0.3 is 6.03 Å². The number of rotatable bonds is 3. The van der Waals surface area contributed by atoms with E-state index in [-0.39, 0.29) is 6.03 Å². The summed E-state index contributed by atoms with van der Waals surface area (Å²) in [6, 6.07) is 3.44. The molecular formula is C8H12N4O. The summed E-state index contributed by atoms with van der Waals surface area (Å²) in [6.07, 6.45) is 4.21. The molecule has 1 aromatic heterocycles. The molecule has 5 heteroatoms. The maximum atomic E-state index is 10.6. The molecule has 0 atom stereocenters. The molecule has 1 rings (SSSR count). The number of nitrogens with zero attached hydrogens (tertiary/aromatic N) is 1. The highest BCUT2D eigenvalue weighted by atomic mass is 16.2. The lowest BCUT2D eigenvalue weighted by atomic mass is 10.2. The highest BCUT2D eigenvalue weighted by Gasteiger charge is 1.95. The highest BCUT2D eigenvalue weighted by Crippen LogP contribution is 1.95. The molecule has 0 aromatic carbocycles. The number of hydrazine groups is 1. The number of carbonyl (C=O) groups is 1. The molecule has 4 N–H and O–H groups in total. The van der Waals surface area contributed by atoms with E-state index in [0.29, 0.717) is 6.54 Å². The Morgan fingerprint density at radius 3 is 2.77 bits per heavy atom. The molecule has 5 nitrogen and oxygen atoms in total. The Balaban J connectivity index is 2.24. The van der Waals surface area contributed by atoms with Crippen molar-refractivity contribution in [1.29, 1.82) is 0 Å². The largest absolute Gasteiger partial charge is 0.337 e. The first-order chi connectivity index (χ1) is 6.33. The molecule has 1 heterocycles. The molecule has 70 valence electrons. The Bertz CT molecular complexity index is 262. The number of hydrogen-bond acceptors (Lipinski definition) is 3. The van der Waals surface area contributed by atoms with Crippen molar-refractivity contribution in [2.45, 2.75) is 6.42 Å². The van der Waals surface area contributed by atoms with Gasteiger partial charge in [-0.05, 0) is 24.1 Å². The molecular weight excluding hydrogens is 168 g/mol. The van der Waals surface area contributed by atoms with Crippen molar-refractivity contribution in [3.05, 3.63) is 30.1 Å². The van der Waals surface area contributed by atoms with Crippen LogP contribution in [0.5, 0.6) is 0 Å². The SMILES string of the molecule is NNC(=O)NCCc1ccncc1. The molecule has 0 bridgehead atoms. The Hall–Kier alpha value is -1.62. The molecule has 0 saturated carbocycles. The Labute approximate surface area is 76.3 Å². The maximum absolute atomic E-state index is 10.6. The second-order valence-electron chi connectivity index (χ2n) is 2.51. The lowest BCUT2D eigenvalue weighted by molar-refractivity contribution is 0.241. The predicted octanol–water partition coefficient (Wildman–Crippen LogP) is -0.203. The molecule has 0 aliphatic rings. The minimum absolute atomic E-state index is 0.367. The van der Waals surface area contributed by atoms with E-state index < -0.39 is 0 Å². The van der Waals surface area contributed by atoms with Crippen molar-refractivity contribution in [1.82, 2.24) is 15.7 Å². The van der Waals surface area contributed by atoms with E-state index in [1.807, 2.05) is 17.6 Å². The lowest BCUT2D eigenvalue weighted by Gasteiger charge is -2.03. The molecule has 0 unspecified atom stereocenters. The number of carbonyl (C=O) groups excluding carboxylic acids is 1. The zero-order chi connectivity index (χ0) is 9.52. The van der Waals surface area contributed by atoms with Crippen molar-refractivity contribution < 1.29 is 4.79 Å². The number of aromatic nitrogens is 1. The third-order valence-electron chi connectivity index (χ3n) is 1.58. The van der Waals surface area contributed by atoms with Gasteiger partial charge in [0, 0.05) is 18.9 Å². The van der Waals surface area contributed by atoms with Gasteiger partial charge in [-0.2, -0.15) is 0 Å². The number of pyridine rings is 1. The maximum Gasteiger partial charge on any atom is 0.328 e. The second kappa shape index (κ2) is 5.10. The van der Waals surface area contributed by atoms with E-state index in [4.69, 9.17) is 5.84 Å². The van der Waals surface area contributed by atoms with Crippen LogP contribution in [-0.4, -0.2) is 17.6 Å². The van der Waals surface area contributed by atoms with Crippen LogP contribution >= 0.6 is 0 Å². The zero-order valence-electron chi connectivity index (χ0n) is 7.16. The first-order valence-corrected chi connectivity index (χ1v) is 3.96. The van der Waals surface area contributed by atoms with Gasteiger partial charge in [-0.1, -0.05) is 0 Å². The van der Waals surface area contributed by atoms with Crippen molar-refractivity contribution >= 4 is 6.03 Å². The van der Waals surface area contributed by atoms with Crippen LogP contribution in [-0.2, 0) is 6.42 Å². The minimum Gasteiger partial charge on any atom is -0.337 e. The van der Waals surface area contributed by atoms with Crippen LogP contribution in [0.2, 0.25) is 0 Å². The van der Waals surface area contributed by atoms with Crippen molar-refractivity contribution in [2.75, 3.05) is 6.54 Å². The zero-order valence-corrected chi connectivity index (χ0v) is 7.16. The molecule has 0 spiro atoms. The summed E-state index contributed by atoms with van der Waals surface area (Å²) < 4.78 is 0. The van der Waals surface area contributed by atoms with Gasteiger partial charge in [-0.15, -0.1) is 0 Å². The molecule has 0 aliphatic heterocycles. The fourth-order valence-corrected chi connectivity index (χ4v) is 0.921. The summed E-state index contributed by atoms with van der Waals surface area (Å²) in [7, 11) is 0.